The summed E-state index contributed by atoms with van der Waals surface area (Å²) in [6.45, 7) is 0.475. The van der Waals surface area contributed by atoms with Crippen LogP contribution in [0.25, 0.3) is 22.6 Å². The van der Waals surface area contributed by atoms with Crippen LogP contribution in [0.1, 0.15) is 23.9 Å². The molecule has 1 N–H and O–H groups in total. The highest BCUT2D eigenvalue weighted by Crippen LogP contribution is 2.33. The molecule has 180 valence electrons. The molecule has 1 amide bonds. The first-order valence-electron chi connectivity index (χ1n) is 11.7. The number of aryl methyl sites for hydroxylation is 1. The number of methoxy groups -OCH3 is 1. The Morgan fingerprint density at radius 1 is 0.943 bits per heavy atom. The van der Waals surface area contributed by atoms with E-state index >= 15 is 0 Å². The molecule has 0 saturated carbocycles. The molecule has 0 aliphatic heterocycles. The maximum atomic E-state index is 12.7. The van der Waals surface area contributed by atoms with Gasteiger partial charge in [-0.3, -0.25) is 4.79 Å². The molecule has 0 bridgehead atoms. The molecule has 1 atom stereocenters. The number of benzene rings is 3. The molecule has 0 aliphatic carbocycles. The van der Waals surface area contributed by atoms with Gasteiger partial charge in [-0.05, 0) is 20.2 Å². The molecule has 0 spiro atoms. The standard InChI is InChI=1S/C29H31N3O3/c1-32(2)24(23-16-10-11-17-25(23)34-3)20-30-26(33)18-19-27-31-28(21-12-6-4-7-13-21)29(35-27)22-14-8-5-9-15-22/h4-17,24H,18-20H2,1-3H3,(H,30,33)/t24-/m0/s1. The fraction of sp³-hybridized carbons (Fsp3) is 0.241. The van der Waals surface area contributed by atoms with Gasteiger partial charge in [-0.25, -0.2) is 4.98 Å². The van der Waals surface area contributed by atoms with Crippen molar-refractivity contribution in [3.63, 3.8) is 0 Å². The minimum absolute atomic E-state index is 0.00814. The van der Waals surface area contributed by atoms with Gasteiger partial charge in [0, 0.05) is 36.1 Å². The average molecular weight is 470 g/mol. The van der Waals surface area contributed by atoms with Crippen LogP contribution in [0.3, 0.4) is 0 Å². The van der Waals surface area contributed by atoms with E-state index in [2.05, 4.69) is 10.2 Å². The number of carbonyl (C=O) groups excluding carboxylic acids is 1. The van der Waals surface area contributed by atoms with Crippen LogP contribution >= 0.6 is 0 Å². The van der Waals surface area contributed by atoms with Gasteiger partial charge in [0.2, 0.25) is 5.91 Å². The van der Waals surface area contributed by atoms with Gasteiger partial charge < -0.3 is 19.4 Å². The number of hydrogen-bond acceptors (Lipinski definition) is 5. The van der Waals surface area contributed by atoms with Crippen LogP contribution in [0.4, 0.5) is 0 Å². The van der Waals surface area contributed by atoms with Gasteiger partial charge in [-0.1, -0.05) is 78.9 Å². The lowest BCUT2D eigenvalue weighted by molar-refractivity contribution is -0.121. The van der Waals surface area contributed by atoms with E-state index in [0.29, 0.717) is 18.9 Å². The Balaban J connectivity index is 1.45. The Morgan fingerprint density at radius 3 is 2.23 bits per heavy atom. The Kier molecular flexibility index (Phi) is 7.95. The van der Waals surface area contributed by atoms with Gasteiger partial charge in [0.05, 0.1) is 13.2 Å². The minimum atomic E-state index is -0.0486. The zero-order valence-corrected chi connectivity index (χ0v) is 20.4. The largest absolute Gasteiger partial charge is 0.496 e. The van der Waals surface area contributed by atoms with E-state index in [1.165, 1.54) is 0 Å². The average Bonchev–Trinajstić information content (AvgIpc) is 3.33. The van der Waals surface area contributed by atoms with Crippen molar-refractivity contribution in [1.29, 1.82) is 0 Å². The molecule has 1 aromatic heterocycles. The van der Waals surface area contributed by atoms with E-state index in [0.717, 1.165) is 33.9 Å². The molecule has 1 heterocycles. The molecule has 0 radical (unpaired) electrons. The van der Waals surface area contributed by atoms with Crippen molar-refractivity contribution in [2.24, 2.45) is 0 Å². The predicted octanol–water partition coefficient (Wildman–Crippen LogP) is 5.37. The third-order valence-corrected chi connectivity index (χ3v) is 5.93. The molecular weight excluding hydrogens is 438 g/mol. The summed E-state index contributed by atoms with van der Waals surface area (Å²) in [5, 5.41) is 3.06. The summed E-state index contributed by atoms with van der Waals surface area (Å²) in [5.41, 5.74) is 3.76. The second-order valence-electron chi connectivity index (χ2n) is 8.54. The zero-order valence-electron chi connectivity index (χ0n) is 20.4. The molecule has 35 heavy (non-hydrogen) atoms. The van der Waals surface area contributed by atoms with Crippen molar-refractivity contribution < 1.29 is 13.9 Å². The van der Waals surface area contributed by atoms with Gasteiger partial charge in [-0.2, -0.15) is 0 Å². The topological polar surface area (TPSA) is 67.6 Å². The van der Waals surface area contributed by atoms with E-state index in [4.69, 9.17) is 14.1 Å². The number of likely N-dealkylation sites (N-methyl/N-ethyl adjacent to an activating group) is 1. The Bertz CT molecular complexity index is 1180. The lowest BCUT2D eigenvalue weighted by Crippen LogP contribution is -2.34. The van der Waals surface area contributed by atoms with E-state index in [1.807, 2.05) is 99.0 Å². The molecule has 3 aromatic carbocycles. The normalized spacial score (nSPS) is 11.9. The summed E-state index contributed by atoms with van der Waals surface area (Å²) < 4.78 is 11.7. The number of aromatic nitrogens is 1. The van der Waals surface area contributed by atoms with Gasteiger partial charge in [0.25, 0.3) is 0 Å². The monoisotopic (exact) mass is 469 g/mol. The lowest BCUT2D eigenvalue weighted by Gasteiger charge is -2.26. The summed E-state index contributed by atoms with van der Waals surface area (Å²) in [4.78, 5) is 19.6. The zero-order chi connectivity index (χ0) is 24.6. The number of hydrogen-bond donors (Lipinski definition) is 1. The fourth-order valence-electron chi connectivity index (χ4n) is 4.08. The number of para-hydroxylation sites is 1. The second kappa shape index (κ2) is 11.5. The van der Waals surface area contributed by atoms with Crippen LogP contribution in [0.15, 0.2) is 89.3 Å². The van der Waals surface area contributed by atoms with Crippen molar-refractivity contribution in [1.82, 2.24) is 15.2 Å². The molecule has 0 unspecified atom stereocenters. The summed E-state index contributed by atoms with van der Waals surface area (Å²) in [7, 11) is 5.65. The highest BCUT2D eigenvalue weighted by molar-refractivity contribution is 5.78. The van der Waals surface area contributed by atoms with Gasteiger partial charge >= 0.3 is 0 Å². The number of nitrogens with one attached hydrogen (secondary N) is 1. The fourth-order valence-corrected chi connectivity index (χ4v) is 4.08. The van der Waals surface area contributed by atoms with Gasteiger partial charge in [0.1, 0.15) is 11.4 Å². The number of amides is 1. The molecular formula is C29H31N3O3. The van der Waals surface area contributed by atoms with Crippen LogP contribution < -0.4 is 10.1 Å². The summed E-state index contributed by atoms with van der Waals surface area (Å²) in [6, 6.07) is 27.8. The maximum Gasteiger partial charge on any atom is 0.220 e. The summed E-state index contributed by atoms with van der Waals surface area (Å²) in [5.74, 6) is 2.03. The van der Waals surface area contributed by atoms with Crippen LogP contribution in [-0.2, 0) is 11.2 Å². The van der Waals surface area contributed by atoms with Crippen LogP contribution in [-0.4, -0.2) is 43.5 Å². The molecule has 0 saturated heterocycles. The number of carbonyl (C=O) groups is 1. The first kappa shape index (κ1) is 24.2. The molecule has 0 aliphatic rings. The van der Waals surface area contributed by atoms with E-state index in [1.54, 1.807) is 7.11 Å². The SMILES string of the molecule is COc1ccccc1[C@H](CNC(=O)CCc1nc(-c2ccccc2)c(-c2ccccc2)o1)N(C)C. The predicted molar refractivity (Wildman–Crippen MR) is 138 cm³/mol. The van der Waals surface area contributed by atoms with E-state index in [9.17, 15) is 4.79 Å². The minimum Gasteiger partial charge on any atom is -0.496 e. The highest BCUT2D eigenvalue weighted by Gasteiger charge is 2.20. The van der Waals surface area contributed by atoms with Gasteiger partial charge in [-0.15, -0.1) is 0 Å². The molecule has 6 heteroatoms. The Hall–Kier alpha value is -3.90. The Labute approximate surface area is 206 Å². The quantitative estimate of drug-likeness (QED) is 0.338. The first-order valence-corrected chi connectivity index (χ1v) is 11.7. The van der Waals surface area contributed by atoms with Crippen molar-refractivity contribution >= 4 is 5.91 Å². The van der Waals surface area contributed by atoms with Crippen LogP contribution in [0.2, 0.25) is 0 Å². The second-order valence-corrected chi connectivity index (χ2v) is 8.54. The van der Waals surface area contributed by atoms with Crippen LogP contribution in [0, 0.1) is 0 Å². The summed E-state index contributed by atoms with van der Waals surface area (Å²) in [6.07, 6.45) is 0.703. The van der Waals surface area contributed by atoms with Crippen molar-refractivity contribution in [3.05, 3.63) is 96.4 Å². The Morgan fingerprint density at radius 2 is 1.57 bits per heavy atom. The lowest BCUT2D eigenvalue weighted by atomic mass is 10.0. The molecule has 6 nitrogen and oxygen atoms in total. The third kappa shape index (κ3) is 5.97. The maximum absolute atomic E-state index is 12.7. The third-order valence-electron chi connectivity index (χ3n) is 5.93. The summed E-state index contributed by atoms with van der Waals surface area (Å²) >= 11 is 0. The molecule has 4 aromatic rings. The number of ether oxygens (including phenoxy) is 1. The van der Waals surface area contributed by atoms with E-state index < -0.39 is 0 Å². The molecule has 4 rings (SSSR count). The molecule has 0 fully saturated rings. The van der Waals surface area contributed by atoms with Gasteiger partial charge in [0.15, 0.2) is 11.7 Å². The van der Waals surface area contributed by atoms with Crippen molar-refractivity contribution in [3.8, 4) is 28.3 Å². The smallest absolute Gasteiger partial charge is 0.220 e. The number of rotatable bonds is 10. The number of oxazole rings is 1. The number of nitrogens with zero attached hydrogens (tertiary/aromatic N) is 2. The first-order chi connectivity index (χ1) is 17.1. The van der Waals surface area contributed by atoms with Crippen molar-refractivity contribution in [2.45, 2.75) is 18.9 Å². The highest BCUT2D eigenvalue weighted by atomic mass is 16.5. The van der Waals surface area contributed by atoms with Crippen LogP contribution in [0.5, 0.6) is 5.75 Å². The van der Waals surface area contributed by atoms with E-state index in [-0.39, 0.29) is 18.4 Å². The van der Waals surface area contributed by atoms with Crippen molar-refractivity contribution in [2.75, 3.05) is 27.7 Å².